The lowest BCUT2D eigenvalue weighted by molar-refractivity contribution is 0.253. The molecule has 112 valence electrons. The zero-order chi connectivity index (χ0) is 14.8. The molecule has 0 heterocycles. The van der Waals surface area contributed by atoms with Crippen LogP contribution in [-0.4, -0.2) is 55.7 Å². The normalized spacial score (nSPS) is 12.3. The van der Waals surface area contributed by atoms with Crippen molar-refractivity contribution in [2.24, 2.45) is 0 Å². The van der Waals surface area contributed by atoms with Gasteiger partial charge in [-0.15, -0.1) is 0 Å². The molecule has 0 saturated heterocycles. The van der Waals surface area contributed by atoms with Gasteiger partial charge in [-0.1, -0.05) is 33.0 Å². The van der Waals surface area contributed by atoms with Gasteiger partial charge in [0, 0.05) is 13.2 Å². The fourth-order valence-corrected chi connectivity index (χ4v) is 3.17. The van der Waals surface area contributed by atoms with Crippen molar-refractivity contribution in [3.05, 3.63) is 0 Å². The van der Waals surface area contributed by atoms with Crippen LogP contribution in [-0.2, 0) is 4.43 Å². The van der Waals surface area contributed by atoms with E-state index in [0.717, 1.165) is 13.2 Å². The molecule has 3 nitrogen and oxygen atoms in total. The smallest absolute Gasteiger partial charge is 0.186 e. The molecule has 18 heavy (non-hydrogen) atoms. The molecule has 0 aromatic carbocycles. The summed E-state index contributed by atoms with van der Waals surface area (Å²) >= 11 is 0. The quantitative estimate of drug-likeness (QED) is 0.729. The fourth-order valence-electron chi connectivity index (χ4n) is 1.18. The average molecular weight is 293 g/mol. The third-order valence-corrected chi connectivity index (χ3v) is 6.82. The van der Waals surface area contributed by atoms with Crippen molar-refractivity contribution in [1.29, 1.82) is 0 Å². The summed E-state index contributed by atoms with van der Waals surface area (Å²) in [5.41, 5.74) is 0. The highest BCUT2D eigenvalue weighted by Crippen LogP contribution is 2.12. The summed E-state index contributed by atoms with van der Waals surface area (Å²) in [6, 6.07) is 1.28. The first-order valence-corrected chi connectivity index (χ1v) is 13.6. The molecule has 5 heteroatoms. The largest absolute Gasteiger partial charge is 0.416 e. The number of likely N-dealkylation sites (N-methyl/N-ethyl adjacent to an activating group) is 1. The molecular weight excluding hydrogens is 256 g/mol. The van der Waals surface area contributed by atoms with Crippen LogP contribution in [0.3, 0.4) is 0 Å². The molecule has 0 amide bonds. The van der Waals surface area contributed by atoms with Crippen LogP contribution >= 0.6 is 0 Å². The number of nitrogens with zero attached hydrogens (tertiary/aromatic N) is 1. The van der Waals surface area contributed by atoms with Crippen LogP contribution < -0.4 is 4.98 Å². The Morgan fingerprint density at radius 1 is 1.06 bits per heavy atom. The maximum Gasteiger partial charge on any atom is 0.186 e. The van der Waals surface area contributed by atoms with Crippen LogP contribution in [0.4, 0.5) is 0 Å². The second-order valence-electron chi connectivity index (χ2n) is 6.66. The summed E-state index contributed by atoms with van der Waals surface area (Å²) in [5, 5.41) is 0. The maximum absolute atomic E-state index is 5.88. The molecule has 0 spiro atoms. The standard InChI is InChI=1S/C9H23NOSi.C4H13NSi/c1-6-9-12(4,5)11-8-7-10(2)3;1-5-6(2,3)4/h6-9H2,1-5H3;5H,1-4H3. The maximum atomic E-state index is 5.88. The lowest BCUT2D eigenvalue weighted by Gasteiger charge is -2.23. The van der Waals surface area contributed by atoms with Gasteiger partial charge in [-0.3, -0.25) is 0 Å². The van der Waals surface area contributed by atoms with E-state index in [1.807, 2.05) is 7.05 Å². The highest BCUT2D eigenvalue weighted by Gasteiger charge is 2.20. The molecule has 0 aliphatic carbocycles. The average Bonchev–Trinajstić information content (AvgIpc) is 2.16. The van der Waals surface area contributed by atoms with Crippen LogP contribution in [0.5, 0.6) is 0 Å². The summed E-state index contributed by atoms with van der Waals surface area (Å²) in [6.07, 6.45) is 1.25. The minimum absolute atomic E-state index is 0.881. The van der Waals surface area contributed by atoms with Crippen molar-refractivity contribution >= 4 is 16.6 Å². The van der Waals surface area contributed by atoms with Gasteiger partial charge in [0.1, 0.15) is 8.24 Å². The van der Waals surface area contributed by atoms with Crippen LogP contribution in [0.1, 0.15) is 13.3 Å². The Hall–Kier alpha value is 0.314. The van der Waals surface area contributed by atoms with E-state index in [1.165, 1.54) is 12.5 Å². The van der Waals surface area contributed by atoms with Crippen molar-refractivity contribution in [2.45, 2.75) is 52.1 Å². The van der Waals surface area contributed by atoms with Gasteiger partial charge >= 0.3 is 0 Å². The van der Waals surface area contributed by atoms with Gasteiger partial charge in [0.25, 0.3) is 0 Å². The molecule has 0 rings (SSSR count). The number of hydrogen-bond donors (Lipinski definition) is 1. The van der Waals surface area contributed by atoms with Gasteiger partial charge in [0.2, 0.25) is 0 Å². The molecule has 1 N–H and O–H groups in total. The zero-order valence-corrected chi connectivity index (χ0v) is 16.2. The molecule has 0 radical (unpaired) electrons. The molecule has 0 aromatic heterocycles. The lowest BCUT2D eigenvalue weighted by Crippen LogP contribution is -2.37. The molecule has 0 saturated carbocycles. The van der Waals surface area contributed by atoms with E-state index in [9.17, 15) is 0 Å². The van der Waals surface area contributed by atoms with Crippen molar-refractivity contribution in [2.75, 3.05) is 34.3 Å². The van der Waals surface area contributed by atoms with Gasteiger partial charge in [-0.2, -0.15) is 0 Å². The number of rotatable bonds is 7. The van der Waals surface area contributed by atoms with Crippen LogP contribution in [0, 0.1) is 0 Å². The van der Waals surface area contributed by atoms with Crippen LogP contribution in [0.25, 0.3) is 0 Å². The SMILES string of the molecule is CCC[Si](C)(C)OCCN(C)C.CN[Si](C)(C)C. The Kier molecular flexibility index (Phi) is 11.6. The van der Waals surface area contributed by atoms with Crippen molar-refractivity contribution in [3.63, 3.8) is 0 Å². The zero-order valence-electron chi connectivity index (χ0n) is 14.2. The third kappa shape index (κ3) is 18.7. The van der Waals surface area contributed by atoms with Crippen molar-refractivity contribution in [1.82, 2.24) is 9.88 Å². The van der Waals surface area contributed by atoms with E-state index in [0.29, 0.717) is 0 Å². The molecule has 0 atom stereocenters. The Bertz CT molecular complexity index is 192. The Balaban J connectivity index is 0. The summed E-state index contributed by atoms with van der Waals surface area (Å²) in [6.45, 7) is 15.6. The summed E-state index contributed by atoms with van der Waals surface area (Å²) in [5.74, 6) is 0. The van der Waals surface area contributed by atoms with Crippen molar-refractivity contribution in [3.8, 4) is 0 Å². The predicted octanol–water partition coefficient (Wildman–Crippen LogP) is 3.22. The van der Waals surface area contributed by atoms with E-state index in [1.54, 1.807) is 0 Å². The van der Waals surface area contributed by atoms with E-state index < -0.39 is 16.6 Å². The summed E-state index contributed by atoms with van der Waals surface area (Å²) < 4.78 is 5.88. The first kappa shape index (κ1) is 20.6. The number of nitrogens with one attached hydrogen (secondary N) is 1. The second-order valence-corrected chi connectivity index (χ2v) is 16.0. The van der Waals surface area contributed by atoms with Crippen LogP contribution in [0.15, 0.2) is 0 Å². The van der Waals surface area contributed by atoms with Crippen LogP contribution in [0.2, 0.25) is 38.8 Å². The van der Waals surface area contributed by atoms with E-state index >= 15 is 0 Å². The van der Waals surface area contributed by atoms with Gasteiger partial charge in [-0.05, 0) is 40.3 Å². The highest BCUT2D eigenvalue weighted by molar-refractivity contribution is 6.73. The topological polar surface area (TPSA) is 24.5 Å². The van der Waals surface area contributed by atoms with Gasteiger partial charge < -0.3 is 14.3 Å². The predicted molar refractivity (Wildman–Crippen MR) is 89.5 cm³/mol. The minimum Gasteiger partial charge on any atom is -0.416 e. The molecule has 0 fully saturated rings. The second kappa shape index (κ2) is 10.1. The van der Waals surface area contributed by atoms with E-state index in [2.05, 4.69) is 63.6 Å². The monoisotopic (exact) mass is 292 g/mol. The molecule has 0 aliphatic heterocycles. The molecule has 0 bridgehead atoms. The lowest BCUT2D eigenvalue weighted by atomic mass is 10.6. The van der Waals surface area contributed by atoms with Gasteiger partial charge in [-0.25, -0.2) is 0 Å². The Morgan fingerprint density at radius 3 is 1.78 bits per heavy atom. The van der Waals surface area contributed by atoms with Crippen molar-refractivity contribution < 1.29 is 4.43 Å². The highest BCUT2D eigenvalue weighted by atomic mass is 28.4. The third-order valence-electron chi connectivity index (χ3n) is 2.63. The first-order valence-electron chi connectivity index (χ1n) is 7.01. The molecule has 0 aromatic rings. The Labute approximate surface area is 118 Å². The van der Waals surface area contributed by atoms with E-state index in [4.69, 9.17) is 4.43 Å². The Morgan fingerprint density at radius 2 is 1.50 bits per heavy atom. The summed E-state index contributed by atoms with van der Waals surface area (Å²) in [7, 11) is 4.00. The molecule has 0 aliphatic rings. The van der Waals surface area contributed by atoms with Gasteiger partial charge in [0.15, 0.2) is 8.32 Å². The van der Waals surface area contributed by atoms with E-state index in [-0.39, 0.29) is 0 Å². The molecular formula is C13H36N2OSi2. The fraction of sp³-hybridized carbons (Fsp3) is 1.00. The summed E-state index contributed by atoms with van der Waals surface area (Å²) in [4.78, 5) is 5.41. The van der Waals surface area contributed by atoms with Gasteiger partial charge in [0.05, 0.1) is 0 Å². The molecule has 0 unspecified atom stereocenters. The number of hydrogen-bond acceptors (Lipinski definition) is 3. The first-order chi connectivity index (χ1) is 8.04. The minimum atomic E-state index is -1.30.